The SMILES string of the molecule is C/C(=C\CCl)CCCC(C)C. The summed E-state index contributed by atoms with van der Waals surface area (Å²) in [7, 11) is 0. The second kappa shape index (κ2) is 6.72. The van der Waals surface area contributed by atoms with Gasteiger partial charge in [-0.1, -0.05) is 31.9 Å². The highest BCUT2D eigenvalue weighted by Crippen LogP contribution is 2.11. The first-order valence-electron chi connectivity index (χ1n) is 4.38. The number of allylic oxidation sites excluding steroid dienone is 2. The average Bonchev–Trinajstić information content (AvgIpc) is 1.87. The van der Waals surface area contributed by atoms with Gasteiger partial charge in [-0.25, -0.2) is 0 Å². The zero-order valence-corrected chi connectivity index (χ0v) is 8.62. The fraction of sp³-hybridized carbons (Fsp3) is 0.800. The third-order valence-corrected chi connectivity index (χ3v) is 1.93. The molecule has 0 spiro atoms. The molecule has 0 aliphatic rings. The molecule has 0 radical (unpaired) electrons. The molecule has 66 valence electrons. The van der Waals surface area contributed by atoms with E-state index in [-0.39, 0.29) is 0 Å². The van der Waals surface area contributed by atoms with E-state index in [0.717, 1.165) is 5.92 Å². The van der Waals surface area contributed by atoms with Crippen LogP contribution < -0.4 is 0 Å². The van der Waals surface area contributed by atoms with Gasteiger partial charge in [-0.05, 0) is 25.7 Å². The minimum absolute atomic E-state index is 0.660. The smallest absolute Gasteiger partial charge is 0.0406 e. The first-order chi connectivity index (χ1) is 5.16. The van der Waals surface area contributed by atoms with Gasteiger partial charge in [-0.15, -0.1) is 11.6 Å². The van der Waals surface area contributed by atoms with Crippen LogP contribution in [-0.2, 0) is 0 Å². The van der Waals surface area contributed by atoms with E-state index in [1.54, 1.807) is 0 Å². The summed E-state index contributed by atoms with van der Waals surface area (Å²) in [6, 6.07) is 0. The van der Waals surface area contributed by atoms with Crippen molar-refractivity contribution >= 4 is 11.6 Å². The molecule has 11 heavy (non-hydrogen) atoms. The Balaban J connectivity index is 3.31. The predicted octanol–water partition coefficient (Wildman–Crippen LogP) is 4.00. The van der Waals surface area contributed by atoms with Crippen molar-refractivity contribution in [2.24, 2.45) is 5.92 Å². The van der Waals surface area contributed by atoms with Crippen molar-refractivity contribution in [2.45, 2.75) is 40.0 Å². The van der Waals surface area contributed by atoms with Crippen LogP contribution in [0.2, 0.25) is 0 Å². The van der Waals surface area contributed by atoms with Gasteiger partial charge in [0.2, 0.25) is 0 Å². The number of rotatable bonds is 5. The minimum atomic E-state index is 0.660. The first kappa shape index (κ1) is 11.0. The topological polar surface area (TPSA) is 0 Å². The molecule has 0 unspecified atom stereocenters. The van der Waals surface area contributed by atoms with Crippen molar-refractivity contribution in [1.82, 2.24) is 0 Å². The highest BCUT2D eigenvalue weighted by Gasteiger charge is 1.94. The summed E-state index contributed by atoms with van der Waals surface area (Å²) in [5.74, 6) is 1.49. The van der Waals surface area contributed by atoms with Crippen LogP contribution in [0.5, 0.6) is 0 Å². The van der Waals surface area contributed by atoms with E-state index >= 15 is 0 Å². The highest BCUT2D eigenvalue weighted by atomic mass is 35.5. The summed E-state index contributed by atoms with van der Waals surface area (Å²) >= 11 is 5.56. The summed E-state index contributed by atoms with van der Waals surface area (Å²) in [6.07, 6.45) is 5.94. The molecule has 0 aliphatic heterocycles. The molecule has 0 atom stereocenters. The standard InChI is InChI=1S/C10H19Cl/c1-9(2)5-4-6-10(3)7-8-11/h7,9H,4-6,8H2,1-3H3/b10-7+. The Labute approximate surface area is 75.6 Å². The van der Waals surface area contributed by atoms with E-state index in [1.165, 1.54) is 24.8 Å². The van der Waals surface area contributed by atoms with E-state index in [4.69, 9.17) is 11.6 Å². The van der Waals surface area contributed by atoms with E-state index in [0.29, 0.717) is 5.88 Å². The Morgan fingerprint density at radius 2 is 2.09 bits per heavy atom. The van der Waals surface area contributed by atoms with Crippen molar-refractivity contribution in [3.05, 3.63) is 11.6 Å². The van der Waals surface area contributed by atoms with Gasteiger partial charge >= 0.3 is 0 Å². The van der Waals surface area contributed by atoms with Crippen LogP contribution in [0, 0.1) is 5.92 Å². The molecule has 0 bridgehead atoms. The van der Waals surface area contributed by atoms with Gasteiger partial charge in [0.25, 0.3) is 0 Å². The molecule has 0 saturated carbocycles. The molecule has 0 heterocycles. The Morgan fingerprint density at radius 1 is 1.45 bits per heavy atom. The minimum Gasteiger partial charge on any atom is -0.122 e. The fourth-order valence-corrected chi connectivity index (χ4v) is 1.29. The van der Waals surface area contributed by atoms with Crippen LogP contribution in [-0.4, -0.2) is 5.88 Å². The van der Waals surface area contributed by atoms with Crippen LogP contribution in [0.4, 0.5) is 0 Å². The summed E-state index contributed by atoms with van der Waals surface area (Å²) < 4.78 is 0. The number of halogens is 1. The predicted molar refractivity (Wildman–Crippen MR) is 53.2 cm³/mol. The molecule has 0 aromatic heterocycles. The van der Waals surface area contributed by atoms with Crippen LogP contribution in [0.25, 0.3) is 0 Å². The monoisotopic (exact) mass is 174 g/mol. The molecule has 0 aromatic carbocycles. The lowest BCUT2D eigenvalue weighted by Crippen LogP contribution is -1.87. The second-order valence-electron chi connectivity index (χ2n) is 3.49. The molecular formula is C10H19Cl. The Hall–Kier alpha value is 0.0300. The van der Waals surface area contributed by atoms with Gasteiger partial charge in [0.1, 0.15) is 0 Å². The van der Waals surface area contributed by atoms with Crippen LogP contribution >= 0.6 is 11.6 Å². The summed E-state index contributed by atoms with van der Waals surface area (Å²) in [5.41, 5.74) is 1.43. The largest absolute Gasteiger partial charge is 0.122 e. The molecule has 0 rings (SSSR count). The van der Waals surface area contributed by atoms with E-state index in [9.17, 15) is 0 Å². The maximum atomic E-state index is 5.56. The van der Waals surface area contributed by atoms with Crippen molar-refractivity contribution in [3.63, 3.8) is 0 Å². The van der Waals surface area contributed by atoms with Gasteiger partial charge in [0.15, 0.2) is 0 Å². The zero-order chi connectivity index (χ0) is 8.69. The Bertz CT molecular complexity index is 114. The van der Waals surface area contributed by atoms with E-state index in [2.05, 4.69) is 26.8 Å². The fourth-order valence-electron chi connectivity index (χ4n) is 1.02. The number of hydrogen-bond donors (Lipinski definition) is 0. The lowest BCUT2D eigenvalue weighted by molar-refractivity contribution is 0.554. The van der Waals surface area contributed by atoms with Crippen molar-refractivity contribution in [3.8, 4) is 0 Å². The maximum absolute atomic E-state index is 5.56. The molecule has 1 heteroatoms. The maximum Gasteiger partial charge on any atom is 0.0406 e. The van der Waals surface area contributed by atoms with Crippen LogP contribution in [0.15, 0.2) is 11.6 Å². The van der Waals surface area contributed by atoms with Crippen molar-refractivity contribution in [1.29, 1.82) is 0 Å². The highest BCUT2D eigenvalue weighted by molar-refractivity contribution is 6.18. The Morgan fingerprint density at radius 3 is 2.55 bits per heavy atom. The van der Waals surface area contributed by atoms with E-state index in [1.807, 2.05) is 0 Å². The third-order valence-electron chi connectivity index (χ3n) is 1.78. The van der Waals surface area contributed by atoms with Gasteiger partial charge in [0.05, 0.1) is 0 Å². The van der Waals surface area contributed by atoms with Gasteiger partial charge in [-0.3, -0.25) is 0 Å². The quantitative estimate of drug-likeness (QED) is 0.437. The number of hydrogen-bond acceptors (Lipinski definition) is 0. The molecule has 0 fully saturated rings. The Kier molecular flexibility index (Phi) is 6.74. The zero-order valence-electron chi connectivity index (χ0n) is 7.86. The van der Waals surface area contributed by atoms with Crippen molar-refractivity contribution < 1.29 is 0 Å². The average molecular weight is 175 g/mol. The molecule has 0 saturated heterocycles. The molecule has 0 nitrogen and oxygen atoms in total. The van der Waals surface area contributed by atoms with E-state index < -0.39 is 0 Å². The van der Waals surface area contributed by atoms with Crippen LogP contribution in [0.3, 0.4) is 0 Å². The van der Waals surface area contributed by atoms with Gasteiger partial charge in [0, 0.05) is 5.88 Å². The van der Waals surface area contributed by atoms with Crippen LogP contribution in [0.1, 0.15) is 40.0 Å². The molecular weight excluding hydrogens is 156 g/mol. The normalized spacial score (nSPS) is 12.6. The van der Waals surface area contributed by atoms with Gasteiger partial charge in [-0.2, -0.15) is 0 Å². The molecule has 0 aliphatic carbocycles. The first-order valence-corrected chi connectivity index (χ1v) is 4.92. The molecule has 0 aromatic rings. The van der Waals surface area contributed by atoms with Gasteiger partial charge < -0.3 is 0 Å². The summed E-state index contributed by atoms with van der Waals surface area (Å²) in [5, 5.41) is 0. The van der Waals surface area contributed by atoms with Crippen molar-refractivity contribution in [2.75, 3.05) is 5.88 Å². The molecule has 0 N–H and O–H groups in total. The summed E-state index contributed by atoms with van der Waals surface area (Å²) in [6.45, 7) is 6.68. The summed E-state index contributed by atoms with van der Waals surface area (Å²) in [4.78, 5) is 0. The molecule has 0 amide bonds. The number of alkyl halides is 1. The second-order valence-corrected chi connectivity index (χ2v) is 3.80. The lowest BCUT2D eigenvalue weighted by atomic mass is 10.0. The third kappa shape index (κ3) is 7.93. The lowest BCUT2D eigenvalue weighted by Gasteiger charge is -2.03.